The molecule has 0 amide bonds. The van der Waals surface area contributed by atoms with E-state index < -0.39 is 0 Å². The average molecular weight is 234 g/mol. The molecule has 0 unspecified atom stereocenters. The molecule has 0 saturated heterocycles. The van der Waals surface area contributed by atoms with Crippen LogP contribution in [-0.4, -0.2) is 12.1 Å². The number of hydrogen-bond donors (Lipinski definition) is 0. The van der Waals surface area contributed by atoms with Crippen LogP contribution in [0.15, 0.2) is 0 Å². The van der Waals surface area contributed by atoms with Crippen molar-refractivity contribution < 1.29 is 9.53 Å². The third kappa shape index (κ3) is 1.56. The molecule has 0 aliphatic heterocycles. The van der Waals surface area contributed by atoms with Gasteiger partial charge in [-0.2, -0.15) is 0 Å². The minimum atomic E-state index is -0.103. The van der Waals surface area contributed by atoms with E-state index in [1.165, 1.54) is 32.1 Å². The largest absolute Gasteiger partial charge is 0.461 e. The molecular weight excluding hydrogens is 212 g/mol. The van der Waals surface area contributed by atoms with Crippen LogP contribution in [0.1, 0.15) is 51.9 Å². The van der Waals surface area contributed by atoms with Crippen molar-refractivity contribution in [3.05, 3.63) is 0 Å². The minimum absolute atomic E-state index is 0.103. The van der Waals surface area contributed by atoms with Crippen LogP contribution in [0, 0.1) is 29.1 Å². The molecule has 0 atom stereocenters. The van der Waals surface area contributed by atoms with E-state index >= 15 is 0 Å². The summed E-state index contributed by atoms with van der Waals surface area (Å²) in [7, 11) is 0. The van der Waals surface area contributed by atoms with E-state index in [1.54, 1.807) is 0 Å². The van der Waals surface area contributed by atoms with Crippen molar-refractivity contribution >= 4 is 5.97 Å². The lowest BCUT2D eigenvalue weighted by Gasteiger charge is -2.53. The monoisotopic (exact) mass is 234 g/mol. The zero-order chi connectivity index (χ0) is 11.6. The number of ether oxygens (including phenoxy) is 1. The number of rotatable bonds is 2. The predicted molar refractivity (Wildman–Crippen MR) is 64.3 cm³/mol. The summed E-state index contributed by atoms with van der Waals surface area (Å²) in [6.45, 7) is 2.06. The zero-order valence-corrected chi connectivity index (χ0v) is 10.7. The Bertz CT molecular complexity index is 328. The zero-order valence-electron chi connectivity index (χ0n) is 10.7. The smallest absolute Gasteiger partial charge is 0.312 e. The first-order valence-electron chi connectivity index (χ1n) is 7.35. The van der Waals surface area contributed by atoms with Crippen LogP contribution in [-0.2, 0) is 9.53 Å². The SMILES string of the molecule is CC1(C(=O)OC2C3CC4CC(C3)CC2C4)CC1. The van der Waals surface area contributed by atoms with Gasteiger partial charge in [0.25, 0.3) is 0 Å². The van der Waals surface area contributed by atoms with Crippen molar-refractivity contribution in [1.82, 2.24) is 0 Å². The van der Waals surface area contributed by atoms with Gasteiger partial charge in [-0.25, -0.2) is 0 Å². The summed E-state index contributed by atoms with van der Waals surface area (Å²) in [5, 5.41) is 0. The second kappa shape index (κ2) is 3.27. The summed E-state index contributed by atoms with van der Waals surface area (Å²) < 4.78 is 5.92. The van der Waals surface area contributed by atoms with Gasteiger partial charge in [0.05, 0.1) is 5.41 Å². The summed E-state index contributed by atoms with van der Waals surface area (Å²) in [6.07, 6.45) is 9.17. The molecule has 0 N–H and O–H groups in total. The van der Waals surface area contributed by atoms with E-state index in [9.17, 15) is 4.79 Å². The van der Waals surface area contributed by atoms with Gasteiger partial charge in [0, 0.05) is 0 Å². The minimum Gasteiger partial charge on any atom is -0.461 e. The number of carbonyl (C=O) groups excluding carboxylic acids is 1. The van der Waals surface area contributed by atoms with Gasteiger partial charge in [0.15, 0.2) is 0 Å². The van der Waals surface area contributed by atoms with Crippen molar-refractivity contribution in [2.45, 2.75) is 58.0 Å². The first kappa shape index (κ1) is 10.4. The molecule has 5 fully saturated rings. The summed E-state index contributed by atoms with van der Waals surface area (Å²) in [5.74, 6) is 3.44. The molecule has 17 heavy (non-hydrogen) atoms. The molecule has 94 valence electrons. The summed E-state index contributed by atoms with van der Waals surface area (Å²) in [4.78, 5) is 12.1. The second-order valence-corrected chi connectivity index (χ2v) is 7.36. The Labute approximate surface area is 103 Å². The van der Waals surface area contributed by atoms with E-state index in [0.29, 0.717) is 11.8 Å². The molecule has 0 heterocycles. The predicted octanol–water partition coefficient (Wildman–Crippen LogP) is 3.15. The fourth-order valence-electron chi connectivity index (χ4n) is 4.73. The van der Waals surface area contributed by atoms with Crippen molar-refractivity contribution in [3.8, 4) is 0 Å². The van der Waals surface area contributed by atoms with E-state index in [-0.39, 0.29) is 17.5 Å². The molecule has 2 nitrogen and oxygen atoms in total. The maximum atomic E-state index is 12.1. The van der Waals surface area contributed by atoms with Gasteiger partial charge < -0.3 is 4.74 Å². The van der Waals surface area contributed by atoms with E-state index in [4.69, 9.17) is 4.74 Å². The quantitative estimate of drug-likeness (QED) is 0.686. The lowest BCUT2D eigenvalue weighted by atomic mass is 9.55. The molecule has 0 aromatic carbocycles. The van der Waals surface area contributed by atoms with Crippen LogP contribution in [0.4, 0.5) is 0 Å². The Hall–Kier alpha value is -0.530. The topological polar surface area (TPSA) is 26.3 Å². The lowest BCUT2D eigenvalue weighted by Crippen LogP contribution is -2.50. The first-order valence-corrected chi connectivity index (χ1v) is 7.35. The maximum Gasteiger partial charge on any atom is 0.312 e. The summed E-state index contributed by atoms with van der Waals surface area (Å²) in [5.41, 5.74) is -0.103. The normalized spacial score (nSPS) is 49.1. The first-order chi connectivity index (χ1) is 8.14. The Morgan fingerprint density at radius 1 is 1.00 bits per heavy atom. The fraction of sp³-hybridized carbons (Fsp3) is 0.933. The Morgan fingerprint density at radius 2 is 1.53 bits per heavy atom. The second-order valence-electron chi connectivity index (χ2n) is 7.36. The molecule has 4 bridgehead atoms. The number of carbonyl (C=O) groups is 1. The van der Waals surface area contributed by atoms with Gasteiger partial charge >= 0.3 is 5.97 Å². The van der Waals surface area contributed by atoms with Crippen molar-refractivity contribution in [3.63, 3.8) is 0 Å². The average Bonchev–Trinajstić information content (AvgIpc) is 3.02. The highest BCUT2D eigenvalue weighted by Gasteiger charge is 2.53. The Morgan fingerprint density at radius 3 is 2.00 bits per heavy atom. The Balaban J connectivity index is 1.49. The molecular formula is C15H22O2. The standard InChI is InChI=1S/C15H22O2/c1-15(2-3-15)14(16)17-13-11-5-9-4-10(7-11)8-12(13)6-9/h9-13H,2-8H2,1H3. The molecule has 5 saturated carbocycles. The van der Waals surface area contributed by atoms with Crippen molar-refractivity contribution in [1.29, 1.82) is 0 Å². The molecule has 5 aliphatic carbocycles. The molecule has 0 aromatic heterocycles. The van der Waals surface area contributed by atoms with E-state index in [0.717, 1.165) is 24.7 Å². The lowest BCUT2D eigenvalue weighted by molar-refractivity contribution is -0.176. The number of hydrogen-bond acceptors (Lipinski definition) is 2. The summed E-state index contributed by atoms with van der Waals surface area (Å²) >= 11 is 0. The highest BCUT2D eigenvalue weighted by molar-refractivity contribution is 5.79. The van der Waals surface area contributed by atoms with Crippen molar-refractivity contribution in [2.75, 3.05) is 0 Å². The molecule has 0 spiro atoms. The van der Waals surface area contributed by atoms with Gasteiger partial charge in [-0.05, 0) is 75.5 Å². The maximum absolute atomic E-state index is 12.1. The Kier molecular flexibility index (Phi) is 2.00. The third-order valence-corrected chi connectivity index (χ3v) is 5.88. The molecule has 2 heteroatoms. The van der Waals surface area contributed by atoms with Crippen LogP contribution >= 0.6 is 0 Å². The van der Waals surface area contributed by atoms with Crippen LogP contribution in [0.3, 0.4) is 0 Å². The van der Waals surface area contributed by atoms with Gasteiger partial charge in [-0.1, -0.05) is 0 Å². The van der Waals surface area contributed by atoms with Gasteiger partial charge in [0.2, 0.25) is 0 Å². The third-order valence-electron chi connectivity index (χ3n) is 5.88. The van der Waals surface area contributed by atoms with Crippen LogP contribution < -0.4 is 0 Å². The molecule has 0 aromatic rings. The van der Waals surface area contributed by atoms with Crippen LogP contribution in [0.25, 0.3) is 0 Å². The molecule has 0 radical (unpaired) electrons. The number of esters is 1. The van der Waals surface area contributed by atoms with E-state index in [2.05, 4.69) is 6.92 Å². The van der Waals surface area contributed by atoms with Gasteiger partial charge in [0.1, 0.15) is 6.10 Å². The van der Waals surface area contributed by atoms with Crippen molar-refractivity contribution in [2.24, 2.45) is 29.1 Å². The highest BCUT2D eigenvalue weighted by Crippen LogP contribution is 2.55. The van der Waals surface area contributed by atoms with Crippen LogP contribution in [0.5, 0.6) is 0 Å². The van der Waals surface area contributed by atoms with E-state index in [1.807, 2.05) is 0 Å². The summed E-state index contributed by atoms with van der Waals surface area (Å²) in [6, 6.07) is 0. The van der Waals surface area contributed by atoms with Gasteiger partial charge in [-0.3, -0.25) is 4.79 Å². The molecule has 5 aliphatic rings. The molecule has 5 rings (SSSR count). The van der Waals surface area contributed by atoms with Gasteiger partial charge in [-0.15, -0.1) is 0 Å². The van der Waals surface area contributed by atoms with Crippen LogP contribution in [0.2, 0.25) is 0 Å². The fourth-order valence-corrected chi connectivity index (χ4v) is 4.73. The highest BCUT2D eigenvalue weighted by atomic mass is 16.5.